The lowest BCUT2D eigenvalue weighted by Crippen LogP contribution is -2.50. The number of ether oxygens (including phenoxy) is 2. The van der Waals surface area contributed by atoms with Crippen molar-refractivity contribution in [1.29, 1.82) is 0 Å². The van der Waals surface area contributed by atoms with Gasteiger partial charge in [0.25, 0.3) is 5.91 Å². The fourth-order valence-corrected chi connectivity index (χ4v) is 10.3. The Hall–Kier alpha value is -4.74. The van der Waals surface area contributed by atoms with Crippen LogP contribution in [0.3, 0.4) is 0 Å². The van der Waals surface area contributed by atoms with Gasteiger partial charge in [0.05, 0.1) is 12.0 Å². The Morgan fingerprint density at radius 3 is 2.61 bits per heavy atom. The van der Waals surface area contributed by atoms with Crippen LogP contribution in [0.2, 0.25) is 0 Å². The molecule has 0 radical (unpaired) electrons. The molecule has 1 fully saturated rings. The first-order valence-corrected chi connectivity index (χ1v) is 22.6. The van der Waals surface area contributed by atoms with Crippen LogP contribution >= 0.6 is 0 Å². The van der Waals surface area contributed by atoms with Crippen LogP contribution in [0.5, 0.6) is 0 Å². The van der Waals surface area contributed by atoms with Gasteiger partial charge in [-0.05, 0) is 118 Å². The first kappa shape index (κ1) is 44.3. The van der Waals surface area contributed by atoms with E-state index in [0.29, 0.717) is 25.5 Å². The number of methoxy groups -OCH3 is 1. The molecule has 1 saturated heterocycles. The molecule has 2 aliphatic carbocycles. The van der Waals surface area contributed by atoms with Crippen LogP contribution in [0.15, 0.2) is 88.4 Å². The number of carboxylic acid groups (broad SMARTS) is 1. The maximum atomic E-state index is 12.4. The third-order valence-corrected chi connectivity index (χ3v) is 13.5. The molecule has 0 bridgehead atoms. The average molecular weight is 837 g/mol. The standard InChI is InChI=1S/C50H65N3O8/c1-33-32-49(2,3)52(26-27-59-6)41-31-43-38(30-37(33)41)35(29-42(60-43)34-16-10-7-11-17-34)18-12-8-13-19-44-50(4,5)39-28-36(48(57)58)21-22-40(39)51(44)25-15-9-14-20-47(56)61-53-45(54)23-24-46(53)55/h10,16-17,19,21-22,28-30,33,43,45,54H,7-9,11-15,18,20,23-27,31-32H2,1-6H3/p+1/b44-19-. The van der Waals surface area contributed by atoms with E-state index < -0.39 is 23.6 Å². The van der Waals surface area contributed by atoms with Gasteiger partial charge in [-0.2, -0.15) is 0 Å². The van der Waals surface area contributed by atoms with Crippen LogP contribution in [0, 0.1) is 5.92 Å². The minimum atomic E-state index is -1.08. The van der Waals surface area contributed by atoms with E-state index in [1.165, 1.54) is 33.7 Å². The number of hydrogen-bond donors (Lipinski definition) is 2. The van der Waals surface area contributed by atoms with E-state index in [-0.39, 0.29) is 42.4 Å². The lowest BCUT2D eigenvalue weighted by Gasteiger charge is -2.39. The number of benzene rings is 1. The number of rotatable bonds is 17. The number of aliphatic hydroxyl groups is 1. The number of aliphatic hydroxyl groups excluding tert-OH is 1. The van der Waals surface area contributed by atoms with Crippen molar-refractivity contribution in [3.63, 3.8) is 0 Å². The zero-order valence-electron chi connectivity index (χ0n) is 37.1. The van der Waals surface area contributed by atoms with Gasteiger partial charge in [-0.25, -0.2) is 14.2 Å². The van der Waals surface area contributed by atoms with Crippen LogP contribution in [0.25, 0.3) is 0 Å². The number of allylic oxidation sites excluding steroid dienone is 8. The highest BCUT2D eigenvalue weighted by molar-refractivity contribution is 6.00. The Kier molecular flexibility index (Phi) is 13.6. The number of anilines is 1. The molecule has 1 amide bonds. The fourth-order valence-electron chi connectivity index (χ4n) is 10.3. The van der Waals surface area contributed by atoms with Gasteiger partial charge in [-0.1, -0.05) is 51.5 Å². The molecule has 328 valence electrons. The van der Waals surface area contributed by atoms with Gasteiger partial charge >= 0.3 is 11.9 Å². The van der Waals surface area contributed by atoms with E-state index in [9.17, 15) is 24.6 Å². The van der Waals surface area contributed by atoms with Gasteiger partial charge in [0.1, 0.15) is 18.5 Å². The molecule has 4 aliphatic heterocycles. The number of carboxylic acids is 1. The Labute approximate surface area is 361 Å². The molecule has 7 rings (SSSR count). The van der Waals surface area contributed by atoms with Crippen molar-refractivity contribution in [3.05, 3.63) is 99.5 Å². The first-order chi connectivity index (χ1) is 29.2. The molecule has 2 N–H and O–H groups in total. The van der Waals surface area contributed by atoms with Crippen molar-refractivity contribution >= 4 is 29.2 Å². The molecule has 1 aromatic rings. The zero-order valence-corrected chi connectivity index (χ0v) is 37.1. The molecule has 11 nitrogen and oxygen atoms in total. The minimum absolute atomic E-state index is 0.0342. The van der Waals surface area contributed by atoms with Crippen molar-refractivity contribution in [2.75, 3.05) is 31.7 Å². The second-order valence-corrected chi connectivity index (χ2v) is 18.7. The molecule has 4 heterocycles. The number of carbonyl (C=O) groups excluding carboxylic acids is 2. The summed E-state index contributed by atoms with van der Waals surface area (Å²) in [4.78, 5) is 43.9. The highest BCUT2D eigenvalue weighted by Gasteiger charge is 2.47. The number of hydrogen-bond acceptors (Lipinski definition) is 8. The highest BCUT2D eigenvalue weighted by atomic mass is 16.7. The molecular formula is C50H66N3O8+. The number of hydroxylamine groups is 2. The molecule has 6 aliphatic rings. The lowest BCUT2D eigenvalue weighted by molar-refractivity contribution is -0.609. The summed E-state index contributed by atoms with van der Waals surface area (Å²) in [6, 6.07) is 5.43. The Balaban J connectivity index is 1.06. The summed E-state index contributed by atoms with van der Waals surface area (Å²) in [5.41, 5.74) is 9.82. The van der Waals surface area contributed by atoms with Crippen LogP contribution in [0.4, 0.5) is 5.69 Å². The van der Waals surface area contributed by atoms with E-state index in [1.54, 1.807) is 13.2 Å². The number of amides is 1. The van der Waals surface area contributed by atoms with Crippen LogP contribution in [-0.4, -0.2) is 88.1 Å². The number of carbonyl (C=O) groups is 3. The van der Waals surface area contributed by atoms with Crippen LogP contribution in [0.1, 0.15) is 140 Å². The second-order valence-electron chi connectivity index (χ2n) is 18.7. The molecule has 0 saturated carbocycles. The van der Waals surface area contributed by atoms with Crippen molar-refractivity contribution in [1.82, 2.24) is 5.06 Å². The van der Waals surface area contributed by atoms with Crippen LogP contribution in [-0.2, 0) is 29.3 Å². The summed E-state index contributed by atoms with van der Waals surface area (Å²) in [7, 11) is 1.78. The number of fused-ring (bicyclic) bond motifs is 3. The van der Waals surface area contributed by atoms with Gasteiger partial charge in [-0.15, -0.1) is 5.06 Å². The molecule has 61 heavy (non-hydrogen) atoms. The van der Waals surface area contributed by atoms with Crippen molar-refractivity contribution in [2.45, 2.75) is 148 Å². The predicted molar refractivity (Wildman–Crippen MR) is 236 cm³/mol. The summed E-state index contributed by atoms with van der Waals surface area (Å²) >= 11 is 0. The van der Waals surface area contributed by atoms with Gasteiger partial charge in [-0.3, -0.25) is 4.79 Å². The molecule has 0 aromatic heterocycles. The number of aromatic carboxylic acids is 1. The summed E-state index contributed by atoms with van der Waals surface area (Å²) in [6.07, 6.45) is 23.4. The largest absolute Gasteiger partial charge is 0.485 e. The van der Waals surface area contributed by atoms with Crippen LogP contribution < -0.4 is 4.90 Å². The minimum Gasteiger partial charge on any atom is -0.485 e. The Bertz CT molecular complexity index is 2120. The van der Waals surface area contributed by atoms with Crippen molar-refractivity contribution < 1.29 is 43.5 Å². The molecule has 1 aromatic carbocycles. The highest BCUT2D eigenvalue weighted by Crippen LogP contribution is 2.49. The van der Waals surface area contributed by atoms with Gasteiger partial charge in [0, 0.05) is 67.3 Å². The second kappa shape index (κ2) is 18.7. The number of nitrogens with zero attached hydrogens (tertiary/aromatic N) is 3. The molecular weight excluding hydrogens is 771 g/mol. The van der Waals surface area contributed by atoms with Gasteiger partial charge < -0.3 is 29.4 Å². The topological polar surface area (TPSA) is 129 Å². The van der Waals surface area contributed by atoms with E-state index in [0.717, 1.165) is 92.8 Å². The van der Waals surface area contributed by atoms with Crippen molar-refractivity contribution in [3.8, 4) is 0 Å². The lowest BCUT2D eigenvalue weighted by atomic mass is 9.74. The monoisotopic (exact) mass is 836 g/mol. The normalized spacial score (nSPS) is 24.6. The Morgan fingerprint density at radius 2 is 1.89 bits per heavy atom. The molecule has 11 heteroatoms. The third kappa shape index (κ3) is 9.53. The summed E-state index contributed by atoms with van der Waals surface area (Å²) < 4.78 is 15.0. The zero-order chi connectivity index (χ0) is 43.5. The smallest absolute Gasteiger partial charge is 0.335 e. The van der Waals surface area contributed by atoms with Gasteiger partial charge in [0.15, 0.2) is 24.0 Å². The predicted octanol–water partition coefficient (Wildman–Crippen LogP) is 8.99. The SMILES string of the molecule is COCC[N+]1=C2CC3OC(C4=CCCC=C4)=CC(CCCC/C=C4\N(CCCCCC(=O)ON5C(=O)CCC5O)c5ccc(C(=O)O)cc5C4(C)C)=C3C=C2C(C)CC1(C)C. The van der Waals surface area contributed by atoms with E-state index in [1.807, 2.05) is 12.1 Å². The van der Waals surface area contributed by atoms with E-state index in [4.69, 9.17) is 14.3 Å². The van der Waals surface area contributed by atoms with E-state index in [2.05, 4.69) is 80.6 Å². The van der Waals surface area contributed by atoms with E-state index >= 15 is 0 Å². The molecule has 0 spiro atoms. The summed E-state index contributed by atoms with van der Waals surface area (Å²) in [5.74, 6) is -0.414. The summed E-state index contributed by atoms with van der Waals surface area (Å²) in [6.45, 7) is 13.7. The Morgan fingerprint density at radius 1 is 1.07 bits per heavy atom. The maximum absolute atomic E-state index is 12.4. The molecule has 3 atom stereocenters. The first-order valence-electron chi connectivity index (χ1n) is 22.6. The maximum Gasteiger partial charge on any atom is 0.335 e. The fraction of sp³-hybridized carbons (Fsp3) is 0.560. The van der Waals surface area contributed by atoms with Gasteiger partial charge in [0.2, 0.25) is 0 Å². The number of unbranched alkanes of at least 4 members (excludes halogenated alkanes) is 4. The molecule has 3 unspecified atom stereocenters. The van der Waals surface area contributed by atoms with Crippen molar-refractivity contribution in [2.24, 2.45) is 5.92 Å². The quantitative estimate of drug-likeness (QED) is 0.117. The average Bonchev–Trinajstić information content (AvgIpc) is 3.65. The third-order valence-electron chi connectivity index (χ3n) is 13.5. The summed E-state index contributed by atoms with van der Waals surface area (Å²) in [5, 5.41) is 20.6.